The van der Waals surface area contributed by atoms with Crippen LogP contribution in [0.3, 0.4) is 0 Å². The maximum Gasteiger partial charge on any atom is 0.137 e. The van der Waals surface area contributed by atoms with Crippen molar-refractivity contribution in [3.63, 3.8) is 0 Å². The zero-order valence-corrected chi connectivity index (χ0v) is 31.0. The summed E-state index contributed by atoms with van der Waals surface area (Å²) in [6.07, 6.45) is 0. The van der Waals surface area contributed by atoms with Crippen molar-refractivity contribution in [3.05, 3.63) is 187 Å². The van der Waals surface area contributed by atoms with Crippen molar-refractivity contribution in [2.45, 2.75) is 12.3 Å². The van der Waals surface area contributed by atoms with Crippen LogP contribution < -0.4 is 4.90 Å². The second kappa shape index (κ2) is 11.2. The first kappa shape index (κ1) is 30.3. The van der Waals surface area contributed by atoms with Crippen LogP contribution in [0.4, 0.5) is 17.1 Å². The summed E-state index contributed by atoms with van der Waals surface area (Å²) in [7, 11) is 0. The van der Waals surface area contributed by atoms with Gasteiger partial charge in [0.1, 0.15) is 11.2 Å². The SMILES string of the molecule is CC1(c2ccc3oc4ccccc4c3c2N(c2ccc3c(c2)sc2ccccc23)c2ccc3c(c2)sc2ccccc23)c2ccccc2-c2ccccc21. The number of furan rings is 1. The fourth-order valence-electron chi connectivity index (χ4n) is 9.29. The van der Waals surface area contributed by atoms with Crippen molar-refractivity contribution in [2.75, 3.05) is 4.90 Å². The third-order valence-electron chi connectivity index (χ3n) is 11.7. The lowest BCUT2D eigenvalue weighted by Crippen LogP contribution is -2.26. The van der Waals surface area contributed by atoms with Crippen LogP contribution in [-0.2, 0) is 5.41 Å². The number of hydrogen-bond acceptors (Lipinski definition) is 4. The summed E-state index contributed by atoms with van der Waals surface area (Å²) in [5.41, 5.74) is 11.2. The average Bonchev–Trinajstić information content (AvgIpc) is 3.96. The van der Waals surface area contributed by atoms with Gasteiger partial charge in [0.25, 0.3) is 0 Å². The summed E-state index contributed by atoms with van der Waals surface area (Å²) >= 11 is 3.73. The van der Waals surface area contributed by atoms with Gasteiger partial charge < -0.3 is 9.32 Å². The number of fused-ring (bicyclic) bond motifs is 12. The number of anilines is 3. The molecule has 1 aliphatic carbocycles. The molecule has 0 saturated heterocycles. The van der Waals surface area contributed by atoms with Gasteiger partial charge in [0.05, 0.1) is 11.1 Å². The van der Waals surface area contributed by atoms with E-state index < -0.39 is 5.41 Å². The van der Waals surface area contributed by atoms with Gasteiger partial charge in [-0.1, -0.05) is 121 Å². The molecule has 0 fully saturated rings. The van der Waals surface area contributed by atoms with Crippen molar-refractivity contribution in [1.82, 2.24) is 0 Å². The van der Waals surface area contributed by atoms with Gasteiger partial charge in [-0.2, -0.15) is 0 Å². The van der Waals surface area contributed by atoms with Crippen molar-refractivity contribution < 1.29 is 4.42 Å². The molecule has 12 rings (SSSR count). The molecule has 0 aliphatic heterocycles. The van der Waals surface area contributed by atoms with Gasteiger partial charge in [0.15, 0.2) is 0 Å². The van der Waals surface area contributed by atoms with Gasteiger partial charge in [0.2, 0.25) is 0 Å². The minimum absolute atomic E-state index is 0.448. The highest BCUT2D eigenvalue weighted by Crippen LogP contribution is 2.58. The number of para-hydroxylation sites is 1. The highest BCUT2D eigenvalue weighted by Gasteiger charge is 2.43. The summed E-state index contributed by atoms with van der Waals surface area (Å²) in [6.45, 7) is 2.42. The summed E-state index contributed by atoms with van der Waals surface area (Å²) in [5.74, 6) is 0. The predicted molar refractivity (Wildman–Crippen MR) is 232 cm³/mol. The highest BCUT2D eigenvalue weighted by atomic mass is 32.1. The average molecular weight is 726 g/mol. The molecule has 0 N–H and O–H groups in total. The molecule has 0 bridgehead atoms. The molecular formula is C50H31NOS2. The lowest BCUT2D eigenvalue weighted by atomic mass is 9.73. The standard InChI is InChI=1S/C50H31NOS2/c1-50(39-17-7-2-12-32(39)33-13-3-8-18-40(33)50)41-26-27-43-48(38-16-4-9-19-42(38)52-43)49(41)51(30-22-24-36-34-14-5-10-20-44(34)53-46(36)28-30)31-23-25-37-35-15-6-11-21-45(35)54-47(37)29-31/h2-29H,1H3. The molecule has 0 spiro atoms. The molecule has 0 unspecified atom stereocenters. The Balaban J connectivity index is 1.23. The van der Waals surface area contributed by atoms with Gasteiger partial charge in [-0.3, -0.25) is 0 Å². The van der Waals surface area contributed by atoms with Crippen LogP contribution in [0.25, 0.3) is 73.4 Å². The van der Waals surface area contributed by atoms with Crippen LogP contribution >= 0.6 is 22.7 Å². The number of rotatable bonds is 4. The summed E-state index contributed by atoms with van der Waals surface area (Å²) in [5, 5.41) is 7.42. The lowest BCUT2D eigenvalue weighted by molar-refractivity contribution is 0.667. The molecule has 1 aliphatic rings. The van der Waals surface area contributed by atoms with E-state index in [0.29, 0.717) is 0 Å². The van der Waals surface area contributed by atoms with Crippen LogP contribution in [0.1, 0.15) is 23.6 Å². The number of hydrogen-bond donors (Lipinski definition) is 0. The number of thiophene rings is 2. The van der Waals surface area contributed by atoms with E-state index in [9.17, 15) is 0 Å². The highest BCUT2D eigenvalue weighted by molar-refractivity contribution is 7.26. The van der Waals surface area contributed by atoms with Crippen LogP contribution in [0.5, 0.6) is 0 Å². The van der Waals surface area contributed by atoms with E-state index in [-0.39, 0.29) is 0 Å². The van der Waals surface area contributed by atoms with Crippen LogP contribution in [0.15, 0.2) is 174 Å². The van der Waals surface area contributed by atoms with Gasteiger partial charge in [-0.05, 0) is 83.3 Å². The number of nitrogens with zero attached hydrogens (tertiary/aromatic N) is 1. The maximum absolute atomic E-state index is 6.70. The molecule has 0 saturated carbocycles. The molecule has 0 radical (unpaired) electrons. The van der Waals surface area contributed by atoms with E-state index in [2.05, 4.69) is 182 Å². The van der Waals surface area contributed by atoms with Crippen molar-refractivity contribution in [3.8, 4) is 11.1 Å². The first-order valence-corrected chi connectivity index (χ1v) is 20.1. The van der Waals surface area contributed by atoms with Gasteiger partial charge in [-0.15, -0.1) is 22.7 Å². The van der Waals surface area contributed by atoms with E-state index in [0.717, 1.165) is 39.0 Å². The van der Waals surface area contributed by atoms with Crippen LogP contribution in [0.2, 0.25) is 0 Å². The summed E-state index contributed by atoms with van der Waals surface area (Å²) < 4.78 is 11.9. The van der Waals surface area contributed by atoms with Gasteiger partial charge >= 0.3 is 0 Å². The molecule has 11 aromatic rings. The monoisotopic (exact) mass is 725 g/mol. The Hall–Kier alpha value is -6.20. The lowest BCUT2D eigenvalue weighted by Gasteiger charge is -2.35. The van der Waals surface area contributed by atoms with E-state index in [1.165, 1.54) is 68.2 Å². The van der Waals surface area contributed by atoms with E-state index in [1.807, 2.05) is 22.7 Å². The Bertz CT molecular complexity index is 3170. The van der Waals surface area contributed by atoms with Crippen LogP contribution in [-0.4, -0.2) is 0 Å². The van der Waals surface area contributed by atoms with Crippen LogP contribution in [0, 0.1) is 0 Å². The molecule has 2 nitrogen and oxygen atoms in total. The normalized spacial score (nSPS) is 13.4. The molecule has 3 aromatic heterocycles. The summed E-state index contributed by atoms with van der Waals surface area (Å²) in [6, 6.07) is 62.6. The molecule has 54 heavy (non-hydrogen) atoms. The Morgan fingerprint density at radius 3 is 1.54 bits per heavy atom. The van der Waals surface area contributed by atoms with E-state index >= 15 is 0 Å². The Labute approximate surface area is 319 Å². The van der Waals surface area contributed by atoms with Crippen molar-refractivity contribution in [2.24, 2.45) is 0 Å². The zero-order valence-electron chi connectivity index (χ0n) is 29.3. The fraction of sp³-hybridized carbons (Fsp3) is 0.0400. The van der Waals surface area contributed by atoms with Crippen molar-refractivity contribution >= 4 is 102 Å². The molecule has 0 amide bonds. The van der Waals surface area contributed by atoms with E-state index in [1.54, 1.807) is 0 Å². The maximum atomic E-state index is 6.70. The second-order valence-corrected chi connectivity index (χ2v) is 16.7. The van der Waals surface area contributed by atoms with E-state index in [4.69, 9.17) is 4.42 Å². The third kappa shape index (κ3) is 4.10. The molecule has 3 heterocycles. The topological polar surface area (TPSA) is 16.4 Å². The quantitative estimate of drug-likeness (QED) is 0.180. The zero-order chi connectivity index (χ0) is 35.5. The molecule has 4 heteroatoms. The molecule has 0 atom stereocenters. The minimum Gasteiger partial charge on any atom is -0.456 e. The molecular weight excluding hydrogens is 695 g/mol. The first-order chi connectivity index (χ1) is 26.6. The first-order valence-electron chi connectivity index (χ1n) is 18.4. The van der Waals surface area contributed by atoms with Gasteiger partial charge in [-0.25, -0.2) is 0 Å². The smallest absolute Gasteiger partial charge is 0.137 e. The minimum atomic E-state index is -0.448. The van der Waals surface area contributed by atoms with Gasteiger partial charge in [0, 0.05) is 62.5 Å². The van der Waals surface area contributed by atoms with Crippen molar-refractivity contribution in [1.29, 1.82) is 0 Å². The predicted octanol–water partition coefficient (Wildman–Crippen LogP) is 15.1. The number of benzene rings is 8. The Kier molecular flexibility index (Phi) is 6.26. The largest absolute Gasteiger partial charge is 0.456 e. The Morgan fingerprint density at radius 1 is 0.426 bits per heavy atom. The third-order valence-corrected chi connectivity index (χ3v) is 14.0. The molecule has 8 aromatic carbocycles. The fourth-order valence-corrected chi connectivity index (χ4v) is 11.6. The summed E-state index contributed by atoms with van der Waals surface area (Å²) in [4.78, 5) is 2.53. The second-order valence-electron chi connectivity index (χ2n) is 14.5. The molecule has 254 valence electrons. The Morgan fingerprint density at radius 2 is 0.926 bits per heavy atom.